The molecular weight excluding hydrogens is 202 g/mol. The molecule has 0 saturated heterocycles. The molecule has 0 aromatic carbocycles. The van der Waals surface area contributed by atoms with Crippen molar-refractivity contribution >= 4 is 5.82 Å². The minimum absolute atomic E-state index is 0.767. The van der Waals surface area contributed by atoms with E-state index in [1.54, 1.807) is 0 Å². The highest BCUT2D eigenvalue weighted by atomic mass is 15.3. The van der Waals surface area contributed by atoms with Gasteiger partial charge in [-0.3, -0.25) is 9.36 Å². The summed E-state index contributed by atoms with van der Waals surface area (Å²) >= 11 is 0. The van der Waals surface area contributed by atoms with E-state index in [9.17, 15) is 0 Å². The molecule has 0 amide bonds. The highest BCUT2D eigenvalue weighted by molar-refractivity contribution is 5.43. The van der Waals surface area contributed by atoms with Crippen LogP contribution in [0.15, 0.2) is 12.4 Å². The summed E-state index contributed by atoms with van der Waals surface area (Å²) in [5.41, 5.74) is 3.55. The second-order valence-electron chi connectivity index (χ2n) is 4.05. The predicted octanol–water partition coefficient (Wildman–Crippen LogP) is 1.38. The topological polar surface area (TPSA) is 47.7 Å². The number of nitrogens with zero attached hydrogens (tertiary/aromatic N) is 4. The van der Waals surface area contributed by atoms with Crippen LogP contribution >= 0.6 is 0 Å². The fourth-order valence-electron chi connectivity index (χ4n) is 1.80. The maximum Gasteiger partial charge on any atom is 0.127 e. The lowest BCUT2D eigenvalue weighted by Crippen LogP contribution is -2.10. The van der Waals surface area contributed by atoms with E-state index in [2.05, 4.69) is 22.4 Å². The van der Waals surface area contributed by atoms with Crippen LogP contribution in [0.2, 0.25) is 0 Å². The molecule has 2 aromatic rings. The van der Waals surface area contributed by atoms with Crippen molar-refractivity contribution in [2.45, 2.75) is 20.4 Å². The Balaban J connectivity index is 2.14. The van der Waals surface area contributed by atoms with E-state index in [0.29, 0.717) is 0 Å². The van der Waals surface area contributed by atoms with Gasteiger partial charge < -0.3 is 5.32 Å². The van der Waals surface area contributed by atoms with E-state index in [0.717, 1.165) is 17.9 Å². The number of anilines is 1. The van der Waals surface area contributed by atoms with E-state index < -0.39 is 0 Å². The smallest absolute Gasteiger partial charge is 0.127 e. The quantitative estimate of drug-likeness (QED) is 0.848. The molecule has 0 saturated carbocycles. The van der Waals surface area contributed by atoms with Crippen LogP contribution in [0.4, 0.5) is 5.82 Å². The number of nitrogens with one attached hydrogen (secondary N) is 1. The van der Waals surface area contributed by atoms with Gasteiger partial charge in [0.1, 0.15) is 5.82 Å². The minimum atomic E-state index is 0.767. The van der Waals surface area contributed by atoms with Gasteiger partial charge in [0, 0.05) is 19.7 Å². The molecule has 5 heteroatoms. The third-order valence-corrected chi connectivity index (χ3v) is 2.82. The lowest BCUT2D eigenvalue weighted by molar-refractivity contribution is 0.711. The van der Waals surface area contributed by atoms with Crippen LogP contribution in [0.3, 0.4) is 0 Å². The summed E-state index contributed by atoms with van der Waals surface area (Å²) in [7, 11) is 3.89. The van der Waals surface area contributed by atoms with E-state index >= 15 is 0 Å². The van der Waals surface area contributed by atoms with Gasteiger partial charge in [-0.25, -0.2) is 0 Å². The summed E-state index contributed by atoms with van der Waals surface area (Å²) in [6, 6.07) is 0. The van der Waals surface area contributed by atoms with Gasteiger partial charge in [-0.2, -0.15) is 10.2 Å². The summed E-state index contributed by atoms with van der Waals surface area (Å²) in [5, 5.41) is 11.8. The zero-order valence-corrected chi connectivity index (χ0v) is 10.2. The Morgan fingerprint density at radius 3 is 2.19 bits per heavy atom. The van der Waals surface area contributed by atoms with E-state index in [4.69, 9.17) is 0 Å². The van der Waals surface area contributed by atoms with Gasteiger partial charge in [0.05, 0.1) is 24.6 Å². The molecule has 0 aliphatic heterocycles. The maximum absolute atomic E-state index is 4.22. The Labute approximate surface area is 95.1 Å². The molecule has 0 bridgehead atoms. The van der Waals surface area contributed by atoms with Gasteiger partial charge in [-0.1, -0.05) is 0 Å². The second kappa shape index (κ2) is 4.00. The van der Waals surface area contributed by atoms with Crippen molar-refractivity contribution in [3.05, 3.63) is 29.2 Å². The van der Waals surface area contributed by atoms with E-state index in [-0.39, 0.29) is 0 Å². The Bertz CT molecular complexity index is 409. The average Bonchev–Trinajstić information content (AvgIpc) is 2.72. The highest BCUT2D eigenvalue weighted by Gasteiger charge is 2.07. The molecule has 2 aromatic heterocycles. The summed E-state index contributed by atoms with van der Waals surface area (Å²) < 4.78 is 3.75. The van der Waals surface area contributed by atoms with Crippen LogP contribution < -0.4 is 5.32 Å². The van der Waals surface area contributed by atoms with Gasteiger partial charge in [-0.05, 0) is 19.4 Å². The summed E-state index contributed by atoms with van der Waals surface area (Å²) in [5.74, 6) is 1.06. The summed E-state index contributed by atoms with van der Waals surface area (Å²) in [6.45, 7) is 4.88. The Morgan fingerprint density at radius 2 is 1.69 bits per heavy atom. The van der Waals surface area contributed by atoms with Crippen LogP contribution in [0.5, 0.6) is 0 Å². The van der Waals surface area contributed by atoms with Crippen molar-refractivity contribution in [1.29, 1.82) is 0 Å². The summed E-state index contributed by atoms with van der Waals surface area (Å²) in [4.78, 5) is 0. The predicted molar refractivity (Wildman–Crippen MR) is 63.2 cm³/mol. The third kappa shape index (κ3) is 1.80. The van der Waals surface area contributed by atoms with Crippen molar-refractivity contribution in [1.82, 2.24) is 19.6 Å². The number of hydrogen-bond donors (Lipinski definition) is 1. The lowest BCUT2D eigenvalue weighted by Gasteiger charge is -2.09. The monoisotopic (exact) mass is 219 g/mol. The Hall–Kier alpha value is -1.78. The van der Waals surface area contributed by atoms with E-state index in [1.165, 1.54) is 11.3 Å². The molecule has 5 nitrogen and oxygen atoms in total. The van der Waals surface area contributed by atoms with Crippen molar-refractivity contribution in [2.24, 2.45) is 14.1 Å². The van der Waals surface area contributed by atoms with Crippen LogP contribution in [0, 0.1) is 13.8 Å². The molecule has 0 spiro atoms. The molecule has 0 fully saturated rings. The van der Waals surface area contributed by atoms with Gasteiger partial charge in [0.25, 0.3) is 0 Å². The molecule has 2 heterocycles. The van der Waals surface area contributed by atoms with Crippen LogP contribution in [-0.4, -0.2) is 19.6 Å². The van der Waals surface area contributed by atoms with Crippen LogP contribution in [0.1, 0.15) is 16.8 Å². The van der Waals surface area contributed by atoms with Crippen LogP contribution in [-0.2, 0) is 20.6 Å². The molecule has 0 radical (unpaired) electrons. The molecular formula is C11H17N5. The number of rotatable bonds is 3. The van der Waals surface area contributed by atoms with Gasteiger partial charge in [0.15, 0.2) is 0 Å². The molecule has 1 N–H and O–H groups in total. The SMILES string of the molecule is Cc1cnn(C)c1CNc1c(C)cnn1C. The maximum atomic E-state index is 4.22. The average molecular weight is 219 g/mol. The third-order valence-electron chi connectivity index (χ3n) is 2.82. The van der Waals surface area contributed by atoms with Gasteiger partial charge in [-0.15, -0.1) is 0 Å². The fourth-order valence-corrected chi connectivity index (χ4v) is 1.80. The molecule has 2 rings (SSSR count). The standard InChI is InChI=1S/C11H17N5/c1-8-5-13-15(3)10(8)7-12-11-9(2)6-14-16(11)4/h5-6,12H,7H2,1-4H3. The highest BCUT2D eigenvalue weighted by Crippen LogP contribution is 2.14. The zero-order chi connectivity index (χ0) is 11.7. The first-order chi connectivity index (χ1) is 7.59. The normalized spacial score (nSPS) is 10.8. The Kier molecular flexibility index (Phi) is 2.68. The van der Waals surface area contributed by atoms with Gasteiger partial charge >= 0.3 is 0 Å². The van der Waals surface area contributed by atoms with Crippen molar-refractivity contribution in [2.75, 3.05) is 5.32 Å². The fraction of sp³-hybridized carbons (Fsp3) is 0.455. The molecule has 0 aliphatic rings. The second-order valence-corrected chi connectivity index (χ2v) is 4.05. The number of aromatic nitrogens is 4. The first-order valence-corrected chi connectivity index (χ1v) is 5.29. The number of hydrogen-bond acceptors (Lipinski definition) is 3. The largest absolute Gasteiger partial charge is 0.364 e. The molecule has 0 atom stereocenters. The minimum Gasteiger partial charge on any atom is -0.364 e. The number of aryl methyl sites for hydroxylation is 4. The van der Waals surface area contributed by atoms with Gasteiger partial charge in [0.2, 0.25) is 0 Å². The molecule has 86 valence electrons. The lowest BCUT2D eigenvalue weighted by atomic mass is 10.2. The Morgan fingerprint density at radius 1 is 1.06 bits per heavy atom. The van der Waals surface area contributed by atoms with Crippen molar-refractivity contribution in [3.8, 4) is 0 Å². The van der Waals surface area contributed by atoms with Crippen LogP contribution in [0.25, 0.3) is 0 Å². The van der Waals surface area contributed by atoms with Crippen molar-refractivity contribution < 1.29 is 0 Å². The zero-order valence-electron chi connectivity index (χ0n) is 10.2. The molecule has 0 aliphatic carbocycles. The van der Waals surface area contributed by atoms with E-state index in [1.807, 2.05) is 42.8 Å². The molecule has 0 unspecified atom stereocenters. The molecule has 16 heavy (non-hydrogen) atoms. The first-order valence-electron chi connectivity index (χ1n) is 5.29. The first kappa shape index (κ1) is 10.7. The summed E-state index contributed by atoms with van der Waals surface area (Å²) in [6.07, 6.45) is 3.74. The van der Waals surface area contributed by atoms with Crippen molar-refractivity contribution in [3.63, 3.8) is 0 Å².